The van der Waals surface area contributed by atoms with Gasteiger partial charge < -0.3 is 14.3 Å². The van der Waals surface area contributed by atoms with Crippen molar-refractivity contribution in [3.05, 3.63) is 41.4 Å². The topological polar surface area (TPSA) is 62.5 Å². The molecule has 1 aliphatic heterocycles. The summed E-state index contributed by atoms with van der Waals surface area (Å²) in [6.07, 6.45) is 2.73. The standard InChI is InChI=1S/C17H22N4O2S/c1-13-11-14(19-23-13)12-24-16-15(5-3-6-18-16)17(22)21-8-4-7-20(2)9-10-21/h3,5-6,11H,4,7-10,12H2,1-2H3. The van der Waals surface area contributed by atoms with Crippen molar-refractivity contribution in [3.8, 4) is 0 Å². The van der Waals surface area contributed by atoms with E-state index < -0.39 is 0 Å². The summed E-state index contributed by atoms with van der Waals surface area (Å²) in [5.41, 5.74) is 1.53. The van der Waals surface area contributed by atoms with Gasteiger partial charge in [-0.15, -0.1) is 0 Å². The molecule has 0 saturated carbocycles. The molecule has 0 radical (unpaired) electrons. The van der Waals surface area contributed by atoms with E-state index in [4.69, 9.17) is 4.52 Å². The Bertz CT molecular complexity index is 703. The molecule has 0 spiro atoms. The number of hydrogen-bond donors (Lipinski definition) is 0. The molecule has 2 aromatic heterocycles. The lowest BCUT2D eigenvalue weighted by Crippen LogP contribution is -2.34. The molecule has 1 fully saturated rings. The van der Waals surface area contributed by atoms with E-state index in [1.807, 2.05) is 30.0 Å². The zero-order valence-electron chi connectivity index (χ0n) is 14.1. The minimum Gasteiger partial charge on any atom is -0.361 e. The molecule has 0 atom stereocenters. The fourth-order valence-electron chi connectivity index (χ4n) is 2.72. The van der Waals surface area contributed by atoms with Gasteiger partial charge in [0, 0.05) is 37.7 Å². The molecule has 3 heterocycles. The fraction of sp³-hybridized carbons (Fsp3) is 0.471. The van der Waals surface area contributed by atoms with Gasteiger partial charge in [0.2, 0.25) is 0 Å². The smallest absolute Gasteiger partial charge is 0.256 e. The molecule has 1 saturated heterocycles. The van der Waals surface area contributed by atoms with Crippen LogP contribution in [0, 0.1) is 6.92 Å². The fourth-order valence-corrected chi connectivity index (χ4v) is 3.58. The first-order valence-corrected chi connectivity index (χ1v) is 9.10. The highest BCUT2D eigenvalue weighted by atomic mass is 32.2. The Morgan fingerprint density at radius 2 is 2.21 bits per heavy atom. The van der Waals surface area contributed by atoms with Crippen LogP contribution in [0.25, 0.3) is 0 Å². The Morgan fingerprint density at radius 1 is 1.33 bits per heavy atom. The predicted octanol–water partition coefficient (Wildman–Crippen LogP) is 2.45. The molecule has 7 heteroatoms. The van der Waals surface area contributed by atoms with E-state index in [0.717, 1.165) is 49.1 Å². The summed E-state index contributed by atoms with van der Waals surface area (Å²) in [6, 6.07) is 5.59. The van der Waals surface area contributed by atoms with Crippen LogP contribution in [0.1, 0.15) is 28.2 Å². The average Bonchev–Trinajstić information content (AvgIpc) is 2.88. The molecule has 0 bridgehead atoms. The highest BCUT2D eigenvalue weighted by molar-refractivity contribution is 7.98. The van der Waals surface area contributed by atoms with E-state index in [2.05, 4.69) is 22.1 Å². The minimum absolute atomic E-state index is 0.0669. The van der Waals surface area contributed by atoms with Gasteiger partial charge in [-0.3, -0.25) is 4.79 Å². The Kier molecular flexibility index (Phi) is 5.52. The summed E-state index contributed by atoms with van der Waals surface area (Å²) < 4.78 is 5.09. The van der Waals surface area contributed by atoms with E-state index in [9.17, 15) is 4.79 Å². The molecule has 0 unspecified atom stereocenters. The zero-order valence-corrected chi connectivity index (χ0v) is 14.9. The monoisotopic (exact) mass is 346 g/mol. The maximum Gasteiger partial charge on any atom is 0.256 e. The molecule has 2 aromatic rings. The Labute approximate surface area is 146 Å². The highest BCUT2D eigenvalue weighted by Crippen LogP contribution is 2.25. The van der Waals surface area contributed by atoms with E-state index in [-0.39, 0.29) is 5.91 Å². The van der Waals surface area contributed by atoms with E-state index in [1.165, 1.54) is 11.8 Å². The Morgan fingerprint density at radius 3 is 3.00 bits per heavy atom. The van der Waals surface area contributed by atoms with Crippen LogP contribution >= 0.6 is 11.8 Å². The molecule has 6 nitrogen and oxygen atoms in total. The van der Waals surface area contributed by atoms with Crippen LogP contribution in [0.4, 0.5) is 0 Å². The normalized spacial score (nSPS) is 16.2. The second-order valence-electron chi connectivity index (χ2n) is 6.02. The lowest BCUT2D eigenvalue weighted by atomic mass is 10.2. The zero-order chi connectivity index (χ0) is 16.9. The van der Waals surface area contributed by atoms with Crippen LogP contribution in [0.15, 0.2) is 33.9 Å². The van der Waals surface area contributed by atoms with Crippen molar-refractivity contribution in [2.24, 2.45) is 0 Å². The first-order chi connectivity index (χ1) is 11.6. The molecular weight excluding hydrogens is 324 g/mol. The van der Waals surface area contributed by atoms with Crippen LogP contribution < -0.4 is 0 Å². The number of pyridine rings is 1. The number of amides is 1. The number of rotatable bonds is 4. The van der Waals surface area contributed by atoms with E-state index >= 15 is 0 Å². The van der Waals surface area contributed by atoms with Crippen molar-refractivity contribution >= 4 is 17.7 Å². The molecular formula is C17H22N4O2S. The number of aryl methyl sites for hydroxylation is 1. The van der Waals surface area contributed by atoms with Gasteiger partial charge in [0.15, 0.2) is 0 Å². The summed E-state index contributed by atoms with van der Waals surface area (Å²) in [5, 5.41) is 4.74. The molecule has 0 aromatic carbocycles. The van der Waals surface area contributed by atoms with Gasteiger partial charge in [-0.2, -0.15) is 0 Å². The van der Waals surface area contributed by atoms with E-state index in [0.29, 0.717) is 11.3 Å². The quantitative estimate of drug-likeness (QED) is 0.793. The number of aromatic nitrogens is 2. The van der Waals surface area contributed by atoms with Gasteiger partial charge in [-0.25, -0.2) is 4.98 Å². The maximum atomic E-state index is 12.9. The molecule has 1 aliphatic rings. The van der Waals surface area contributed by atoms with E-state index in [1.54, 1.807) is 6.20 Å². The van der Waals surface area contributed by atoms with Crippen molar-refractivity contribution in [1.82, 2.24) is 19.9 Å². The van der Waals surface area contributed by atoms with Gasteiger partial charge >= 0.3 is 0 Å². The van der Waals surface area contributed by atoms with Gasteiger partial charge in [0.05, 0.1) is 11.3 Å². The largest absolute Gasteiger partial charge is 0.361 e. The first-order valence-electron chi connectivity index (χ1n) is 8.11. The molecule has 3 rings (SSSR count). The molecule has 24 heavy (non-hydrogen) atoms. The van der Waals surface area contributed by atoms with Crippen molar-refractivity contribution in [3.63, 3.8) is 0 Å². The van der Waals surface area contributed by atoms with Gasteiger partial charge in [-0.1, -0.05) is 16.9 Å². The number of hydrogen-bond acceptors (Lipinski definition) is 6. The van der Waals surface area contributed by atoms with Crippen LogP contribution in [0.2, 0.25) is 0 Å². The third kappa shape index (κ3) is 4.15. The number of likely N-dealkylation sites (N-methyl/N-ethyl adjacent to an activating group) is 1. The van der Waals surface area contributed by atoms with Crippen molar-refractivity contribution < 1.29 is 9.32 Å². The summed E-state index contributed by atoms with van der Waals surface area (Å²) in [5.74, 6) is 1.49. The minimum atomic E-state index is 0.0669. The van der Waals surface area contributed by atoms with Gasteiger partial charge in [0.1, 0.15) is 10.8 Å². The molecule has 1 amide bonds. The van der Waals surface area contributed by atoms with Crippen molar-refractivity contribution in [2.75, 3.05) is 33.2 Å². The summed E-state index contributed by atoms with van der Waals surface area (Å²) in [7, 11) is 2.10. The maximum absolute atomic E-state index is 12.9. The second-order valence-corrected chi connectivity index (χ2v) is 6.99. The number of nitrogens with zero attached hydrogens (tertiary/aromatic N) is 4. The molecule has 0 aliphatic carbocycles. The number of thioether (sulfide) groups is 1. The van der Waals surface area contributed by atoms with Crippen molar-refractivity contribution in [1.29, 1.82) is 0 Å². The Balaban J connectivity index is 1.71. The predicted molar refractivity (Wildman–Crippen MR) is 93.1 cm³/mol. The highest BCUT2D eigenvalue weighted by Gasteiger charge is 2.22. The second kappa shape index (κ2) is 7.81. The lowest BCUT2D eigenvalue weighted by molar-refractivity contribution is 0.0758. The summed E-state index contributed by atoms with van der Waals surface area (Å²) in [4.78, 5) is 21.5. The average molecular weight is 346 g/mol. The van der Waals surface area contributed by atoms with Crippen LogP contribution in [-0.2, 0) is 5.75 Å². The SMILES string of the molecule is Cc1cc(CSc2ncccc2C(=O)N2CCCN(C)CC2)no1. The first kappa shape index (κ1) is 17.0. The summed E-state index contributed by atoms with van der Waals surface area (Å²) >= 11 is 1.52. The third-order valence-corrected chi connectivity index (χ3v) is 5.08. The van der Waals surface area contributed by atoms with Crippen LogP contribution in [0.3, 0.4) is 0 Å². The van der Waals surface area contributed by atoms with Crippen molar-refractivity contribution in [2.45, 2.75) is 24.1 Å². The molecule has 0 N–H and O–H groups in total. The lowest BCUT2D eigenvalue weighted by Gasteiger charge is -2.21. The summed E-state index contributed by atoms with van der Waals surface area (Å²) in [6.45, 7) is 5.37. The third-order valence-electron chi connectivity index (χ3n) is 4.04. The van der Waals surface area contributed by atoms with Gasteiger partial charge in [0.25, 0.3) is 5.91 Å². The number of carbonyl (C=O) groups is 1. The van der Waals surface area contributed by atoms with Gasteiger partial charge in [-0.05, 0) is 39.1 Å². The van der Waals surface area contributed by atoms with Crippen LogP contribution in [0.5, 0.6) is 0 Å². The van der Waals surface area contributed by atoms with Crippen LogP contribution in [-0.4, -0.2) is 59.1 Å². The molecule has 128 valence electrons. The Hall–Kier alpha value is -1.86. The number of carbonyl (C=O) groups excluding carboxylic acids is 1.